The molecule has 0 aromatic heterocycles. The van der Waals surface area contributed by atoms with E-state index >= 15 is 0 Å². The van der Waals surface area contributed by atoms with Crippen molar-refractivity contribution >= 4 is 23.6 Å². The number of carboxylic acids is 1. The third-order valence-corrected chi connectivity index (χ3v) is 4.40. The van der Waals surface area contributed by atoms with Gasteiger partial charge < -0.3 is 15.2 Å². The van der Waals surface area contributed by atoms with Gasteiger partial charge in [0, 0.05) is 4.90 Å². The third-order valence-electron chi connectivity index (χ3n) is 3.41. The van der Waals surface area contributed by atoms with Gasteiger partial charge in [0.1, 0.15) is 11.3 Å². The number of benzene rings is 1. The van der Waals surface area contributed by atoms with E-state index < -0.39 is 11.5 Å². The van der Waals surface area contributed by atoms with Gasteiger partial charge in [0.25, 0.3) is 0 Å². The van der Waals surface area contributed by atoms with E-state index in [1.165, 1.54) is 11.8 Å². The molecule has 0 aliphatic heterocycles. The lowest BCUT2D eigenvalue weighted by Gasteiger charge is -2.38. The van der Waals surface area contributed by atoms with Gasteiger partial charge in [0.05, 0.1) is 12.9 Å². The Morgan fingerprint density at radius 3 is 2.75 bits per heavy atom. The van der Waals surface area contributed by atoms with Crippen LogP contribution in [0.15, 0.2) is 29.2 Å². The van der Waals surface area contributed by atoms with Crippen LogP contribution in [0.4, 0.5) is 0 Å². The summed E-state index contributed by atoms with van der Waals surface area (Å²) in [7, 11) is 1.59. The number of nitrogens with one attached hydrogen (secondary N) is 1. The maximum Gasteiger partial charge on any atom is 0.329 e. The maximum atomic E-state index is 11.9. The number of aliphatic carboxylic acids is 1. The number of ether oxygens (including phenoxy) is 1. The van der Waals surface area contributed by atoms with Crippen molar-refractivity contribution in [1.82, 2.24) is 5.32 Å². The van der Waals surface area contributed by atoms with Gasteiger partial charge in [-0.05, 0) is 37.5 Å². The lowest BCUT2D eigenvalue weighted by molar-refractivity contribution is -0.151. The summed E-state index contributed by atoms with van der Waals surface area (Å²) in [6, 6.07) is 7.41. The van der Waals surface area contributed by atoms with Crippen LogP contribution >= 0.6 is 11.8 Å². The lowest BCUT2D eigenvalue weighted by Crippen LogP contribution is -2.59. The van der Waals surface area contributed by atoms with Crippen molar-refractivity contribution in [3.63, 3.8) is 0 Å². The first kappa shape index (κ1) is 14.7. The molecule has 2 N–H and O–H groups in total. The van der Waals surface area contributed by atoms with Crippen LogP contribution in [0.1, 0.15) is 19.3 Å². The standard InChI is InChI=1S/C14H17NO4S/c1-19-10-4-2-5-11(8-10)20-9-12(16)15-14(13(17)18)6-3-7-14/h2,4-5,8H,3,6-7,9H2,1H3,(H,15,16)(H,17,18). The molecule has 1 aliphatic carbocycles. The molecule has 20 heavy (non-hydrogen) atoms. The second-order valence-corrected chi connectivity index (χ2v) is 5.81. The molecule has 2 rings (SSSR count). The molecule has 1 saturated carbocycles. The molecule has 0 unspecified atom stereocenters. The van der Waals surface area contributed by atoms with E-state index in [0.29, 0.717) is 12.8 Å². The van der Waals surface area contributed by atoms with Crippen molar-refractivity contribution in [3.8, 4) is 5.75 Å². The fraction of sp³-hybridized carbons (Fsp3) is 0.429. The predicted molar refractivity (Wildman–Crippen MR) is 76.1 cm³/mol. The fourth-order valence-electron chi connectivity index (χ4n) is 2.07. The average Bonchev–Trinajstić information content (AvgIpc) is 2.40. The second kappa shape index (κ2) is 6.17. The highest BCUT2D eigenvalue weighted by Crippen LogP contribution is 2.32. The van der Waals surface area contributed by atoms with Crippen molar-refractivity contribution in [2.24, 2.45) is 0 Å². The molecule has 0 heterocycles. The van der Waals surface area contributed by atoms with Crippen LogP contribution in [0.2, 0.25) is 0 Å². The fourth-order valence-corrected chi connectivity index (χ4v) is 2.81. The number of carboxylic acid groups (broad SMARTS) is 1. The minimum atomic E-state index is -1.04. The van der Waals surface area contributed by atoms with Crippen molar-refractivity contribution < 1.29 is 19.4 Å². The Morgan fingerprint density at radius 2 is 2.20 bits per heavy atom. The highest BCUT2D eigenvalue weighted by atomic mass is 32.2. The predicted octanol–water partition coefficient (Wildman–Crippen LogP) is 1.91. The summed E-state index contributed by atoms with van der Waals surface area (Å²) in [6.07, 6.45) is 1.87. The van der Waals surface area contributed by atoms with Gasteiger partial charge in [-0.15, -0.1) is 11.8 Å². The van der Waals surface area contributed by atoms with E-state index in [2.05, 4.69) is 5.32 Å². The molecular formula is C14H17NO4S. The Bertz CT molecular complexity index is 514. The first-order chi connectivity index (χ1) is 9.55. The number of rotatable bonds is 6. The molecule has 5 nitrogen and oxygen atoms in total. The van der Waals surface area contributed by atoms with Crippen molar-refractivity contribution in [3.05, 3.63) is 24.3 Å². The van der Waals surface area contributed by atoms with Crippen LogP contribution in [0.5, 0.6) is 5.75 Å². The molecule has 0 spiro atoms. The largest absolute Gasteiger partial charge is 0.497 e. The highest BCUT2D eigenvalue weighted by Gasteiger charge is 2.45. The Morgan fingerprint density at radius 1 is 1.45 bits per heavy atom. The van der Waals surface area contributed by atoms with Crippen molar-refractivity contribution in [2.75, 3.05) is 12.9 Å². The van der Waals surface area contributed by atoms with E-state index in [9.17, 15) is 9.59 Å². The number of amides is 1. The van der Waals surface area contributed by atoms with Gasteiger partial charge in [0.15, 0.2) is 0 Å². The lowest BCUT2D eigenvalue weighted by atomic mass is 9.77. The zero-order chi connectivity index (χ0) is 14.6. The normalized spacial score (nSPS) is 16.1. The molecule has 108 valence electrons. The Hall–Kier alpha value is -1.69. The van der Waals surface area contributed by atoms with Crippen LogP contribution in [-0.4, -0.2) is 35.4 Å². The number of hydrogen-bond acceptors (Lipinski definition) is 4. The molecule has 0 atom stereocenters. The monoisotopic (exact) mass is 295 g/mol. The Labute approximate surface area is 121 Å². The summed E-state index contributed by atoms with van der Waals surface area (Å²) in [6.45, 7) is 0. The SMILES string of the molecule is COc1cccc(SCC(=O)NC2(C(=O)O)CCC2)c1. The van der Waals surface area contributed by atoms with E-state index in [1.54, 1.807) is 7.11 Å². The smallest absolute Gasteiger partial charge is 0.329 e. The van der Waals surface area contributed by atoms with Gasteiger partial charge >= 0.3 is 5.97 Å². The summed E-state index contributed by atoms with van der Waals surface area (Å²) in [5, 5.41) is 11.8. The molecule has 6 heteroatoms. The molecule has 0 bridgehead atoms. The minimum absolute atomic E-state index is 0.197. The number of thioether (sulfide) groups is 1. The second-order valence-electron chi connectivity index (χ2n) is 4.76. The van der Waals surface area contributed by atoms with Crippen LogP contribution in [-0.2, 0) is 9.59 Å². The summed E-state index contributed by atoms with van der Waals surface area (Å²) in [5.41, 5.74) is -1.04. The van der Waals surface area contributed by atoms with Crippen molar-refractivity contribution in [2.45, 2.75) is 29.7 Å². The first-order valence-corrected chi connectivity index (χ1v) is 7.35. The first-order valence-electron chi connectivity index (χ1n) is 6.37. The number of hydrogen-bond donors (Lipinski definition) is 2. The molecule has 1 fully saturated rings. The molecule has 0 saturated heterocycles. The number of methoxy groups -OCH3 is 1. The zero-order valence-corrected chi connectivity index (χ0v) is 12.0. The highest BCUT2D eigenvalue weighted by molar-refractivity contribution is 8.00. The molecule has 1 aromatic rings. The topological polar surface area (TPSA) is 75.6 Å². The molecule has 1 aliphatic rings. The van der Waals surface area contributed by atoms with E-state index in [4.69, 9.17) is 9.84 Å². The average molecular weight is 295 g/mol. The summed E-state index contributed by atoms with van der Waals surface area (Å²) in [4.78, 5) is 23.9. The molecule has 1 amide bonds. The minimum Gasteiger partial charge on any atom is -0.497 e. The van der Waals surface area contributed by atoms with E-state index in [0.717, 1.165) is 17.1 Å². The quantitative estimate of drug-likeness (QED) is 0.784. The Balaban J connectivity index is 1.87. The van der Waals surface area contributed by atoms with Crippen LogP contribution in [0.3, 0.4) is 0 Å². The zero-order valence-electron chi connectivity index (χ0n) is 11.2. The third kappa shape index (κ3) is 3.25. The van der Waals surface area contributed by atoms with Gasteiger partial charge in [-0.25, -0.2) is 4.79 Å². The van der Waals surface area contributed by atoms with Gasteiger partial charge in [0.2, 0.25) is 5.91 Å². The maximum absolute atomic E-state index is 11.9. The van der Waals surface area contributed by atoms with E-state index in [-0.39, 0.29) is 11.7 Å². The van der Waals surface area contributed by atoms with E-state index in [1.807, 2.05) is 24.3 Å². The van der Waals surface area contributed by atoms with Gasteiger partial charge in [-0.1, -0.05) is 6.07 Å². The Kier molecular flexibility index (Phi) is 4.54. The van der Waals surface area contributed by atoms with Crippen LogP contribution in [0, 0.1) is 0 Å². The molecule has 0 radical (unpaired) electrons. The molecular weight excluding hydrogens is 278 g/mol. The number of carbonyl (C=O) groups excluding carboxylic acids is 1. The number of carbonyl (C=O) groups is 2. The van der Waals surface area contributed by atoms with Crippen molar-refractivity contribution in [1.29, 1.82) is 0 Å². The van der Waals surface area contributed by atoms with Gasteiger partial charge in [-0.3, -0.25) is 4.79 Å². The summed E-state index contributed by atoms with van der Waals surface area (Å²) in [5.74, 6) is -0.262. The summed E-state index contributed by atoms with van der Waals surface area (Å²) >= 11 is 1.36. The molecule has 1 aromatic carbocycles. The summed E-state index contributed by atoms with van der Waals surface area (Å²) < 4.78 is 5.11. The van der Waals surface area contributed by atoms with Gasteiger partial charge in [-0.2, -0.15) is 0 Å². The van der Waals surface area contributed by atoms with Crippen LogP contribution < -0.4 is 10.1 Å². The van der Waals surface area contributed by atoms with Crippen LogP contribution in [0.25, 0.3) is 0 Å².